The predicted molar refractivity (Wildman–Crippen MR) is 97.0 cm³/mol. The highest BCUT2D eigenvalue weighted by molar-refractivity contribution is 7.90. The molecular formula is C18H18ClFN2O2S. The number of amidine groups is 1. The summed E-state index contributed by atoms with van der Waals surface area (Å²) in [6, 6.07) is 11.6. The topological polar surface area (TPSA) is 49.7 Å². The van der Waals surface area contributed by atoms with Gasteiger partial charge < -0.3 is 4.90 Å². The van der Waals surface area contributed by atoms with E-state index in [4.69, 9.17) is 11.6 Å². The first-order valence-electron chi connectivity index (χ1n) is 8.07. The van der Waals surface area contributed by atoms with E-state index in [0.717, 1.165) is 32.4 Å². The van der Waals surface area contributed by atoms with Crippen molar-refractivity contribution in [2.24, 2.45) is 4.40 Å². The van der Waals surface area contributed by atoms with Crippen LogP contribution in [0.5, 0.6) is 0 Å². The minimum Gasteiger partial charge on any atom is -0.355 e. The second kappa shape index (κ2) is 7.54. The highest BCUT2D eigenvalue weighted by Gasteiger charge is 2.21. The molecule has 0 aliphatic carbocycles. The second-order valence-corrected chi connectivity index (χ2v) is 7.94. The van der Waals surface area contributed by atoms with E-state index in [1.165, 1.54) is 36.4 Å². The normalized spacial score (nSPS) is 16.1. The zero-order valence-electron chi connectivity index (χ0n) is 13.5. The summed E-state index contributed by atoms with van der Waals surface area (Å²) in [6.07, 6.45) is 3.06. The van der Waals surface area contributed by atoms with Gasteiger partial charge in [-0.1, -0.05) is 11.6 Å². The second-order valence-electron chi connectivity index (χ2n) is 5.90. The van der Waals surface area contributed by atoms with Crippen molar-refractivity contribution in [1.29, 1.82) is 0 Å². The van der Waals surface area contributed by atoms with Crippen LogP contribution in [0, 0.1) is 5.82 Å². The number of hydrogen-bond donors (Lipinski definition) is 0. The molecule has 0 spiro atoms. The fraction of sp³-hybridized carbons (Fsp3) is 0.278. The molecule has 25 heavy (non-hydrogen) atoms. The molecule has 1 fully saturated rings. The minimum atomic E-state index is -3.89. The maximum Gasteiger partial charge on any atom is 0.284 e. The van der Waals surface area contributed by atoms with Gasteiger partial charge in [0.2, 0.25) is 0 Å². The summed E-state index contributed by atoms with van der Waals surface area (Å²) in [5.41, 5.74) is 0.584. The van der Waals surface area contributed by atoms with Crippen LogP contribution in [0.15, 0.2) is 57.8 Å². The van der Waals surface area contributed by atoms with Crippen molar-refractivity contribution in [3.05, 3.63) is 64.9 Å². The van der Waals surface area contributed by atoms with E-state index in [1.807, 2.05) is 4.90 Å². The van der Waals surface area contributed by atoms with Crippen molar-refractivity contribution in [3.63, 3.8) is 0 Å². The summed E-state index contributed by atoms with van der Waals surface area (Å²) in [6.45, 7) is 1.46. The number of likely N-dealkylation sites (tertiary alicyclic amines) is 1. The molecule has 0 aromatic heterocycles. The first-order chi connectivity index (χ1) is 12.0. The summed E-state index contributed by atoms with van der Waals surface area (Å²) >= 11 is 5.83. The summed E-state index contributed by atoms with van der Waals surface area (Å²) in [5.74, 6) is -0.0167. The molecule has 1 aliphatic rings. The lowest BCUT2D eigenvalue weighted by molar-refractivity contribution is 0.343. The van der Waals surface area contributed by atoms with Gasteiger partial charge in [0.15, 0.2) is 0 Å². The number of piperidine rings is 1. The molecule has 2 aromatic carbocycles. The van der Waals surface area contributed by atoms with E-state index >= 15 is 0 Å². The molecule has 3 rings (SSSR count). The van der Waals surface area contributed by atoms with Gasteiger partial charge in [0, 0.05) is 23.7 Å². The van der Waals surface area contributed by atoms with Gasteiger partial charge in [0.05, 0.1) is 4.90 Å². The van der Waals surface area contributed by atoms with Gasteiger partial charge in [-0.3, -0.25) is 0 Å². The van der Waals surface area contributed by atoms with Gasteiger partial charge in [-0.15, -0.1) is 4.40 Å². The zero-order chi connectivity index (χ0) is 17.9. The average molecular weight is 381 g/mol. The molecule has 0 bridgehead atoms. The van der Waals surface area contributed by atoms with Crippen molar-refractivity contribution < 1.29 is 12.8 Å². The third-order valence-electron chi connectivity index (χ3n) is 4.08. The average Bonchev–Trinajstić information content (AvgIpc) is 2.62. The highest BCUT2D eigenvalue weighted by atomic mass is 35.5. The SMILES string of the molecule is O=S(=O)(N=C(c1ccc(F)cc1)N1CCCCC1)c1ccc(Cl)cc1. The lowest BCUT2D eigenvalue weighted by atomic mass is 10.1. The quantitative estimate of drug-likeness (QED) is 0.595. The third kappa shape index (κ3) is 4.38. The van der Waals surface area contributed by atoms with Crippen LogP contribution in [0.1, 0.15) is 24.8 Å². The standard InChI is InChI=1S/C18H18ClFN2O2S/c19-15-6-10-17(11-7-15)25(23,24)21-18(22-12-2-1-3-13-22)14-4-8-16(20)9-5-14/h4-11H,1-3,12-13H2. The number of benzene rings is 2. The van der Waals surface area contributed by atoms with E-state index in [2.05, 4.69) is 4.40 Å². The third-order valence-corrected chi connectivity index (χ3v) is 5.61. The fourth-order valence-electron chi connectivity index (χ4n) is 2.77. The summed E-state index contributed by atoms with van der Waals surface area (Å²) in [4.78, 5) is 2.03. The van der Waals surface area contributed by atoms with Crippen molar-refractivity contribution >= 4 is 27.5 Å². The van der Waals surface area contributed by atoms with Gasteiger partial charge in [-0.05, 0) is 67.8 Å². The Hall–Kier alpha value is -1.92. The van der Waals surface area contributed by atoms with Crippen molar-refractivity contribution in [2.75, 3.05) is 13.1 Å². The highest BCUT2D eigenvalue weighted by Crippen LogP contribution is 2.20. The Labute approximate surface area is 152 Å². The van der Waals surface area contributed by atoms with E-state index in [9.17, 15) is 12.8 Å². The smallest absolute Gasteiger partial charge is 0.284 e. The Bertz CT molecular complexity index is 859. The van der Waals surface area contributed by atoms with Crippen molar-refractivity contribution in [1.82, 2.24) is 4.90 Å². The summed E-state index contributed by atoms with van der Waals surface area (Å²) in [7, 11) is -3.89. The Morgan fingerprint density at radius 2 is 1.56 bits per heavy atom. The first-order valence-corrected chi connectivity index (χ1v) is 9.89. The first kappa shape index (κ1) is 17.9. The Morgan fingerprint density at radius 1 is 0.960 bits per heavy atom. The zero-order valence-corrected chi connectivity index (χ0v) is 15.1. The molecule has 0 N–H and O–H groups in total. The van der Waals surface area contributed by atoms with Gasteiger partial charge in [0.1, 0.15) is 11.7 Å². The molecule has 1 heterocycles. The number of nitrogens with zero attached hydrogens (tertiary/aromatic N) is 2. The van der Waals surface area contributed by atoms with E-state index < -0.39 is 10.0 Å². The van der Waals surface area contributed by atoms with E-state index in [0.29, 0.717) is 16.4 Å². The lowest BCUT2D eigenvalue weighted by Gasteiger charge is -2.29. The number of sulfonamides is 1. The van der Waals surface area contributed by atoms with Crippen LogP contribution < -0.4 is 0 Å². The molecule has 0 saturated carbocycles. The van der Waals surface area contributed by atoms with Crippen LogP contribution in [0.3, 0.4) is 0 Å². The molecule has 132 valence electrons. The Kier molecular flexibility index (Phi) is 5.39. The van der Waals surface area contributed by atoms with Gasteiger partial charge in [0.25, 0.3) is 10.0 Å². The molecule has 0 unspecified atom stereocenters. The molecule has 7 heteroatoms. The van der Waals surface area contributed by atoms with Crippen LogP contribution in [-0.4, -0.2) is 32.2 Å². The Balaban J connectivity index is 2.04. The lowest BCUT2D eigenvalue weighted by Crippen LogP contribution is -2.36. The van der Waals surface area contributed by atoms with E-state index in [1.54, 1.807) is 12.1 Å². The largest absolute Gasteiger partial charge is 0.355 e. The molecular weight excluding hydrogens is 363 g/mol. The van der Waals surface area contributed by atoms with Gasteiger partial charge in [-0.25, -0.2) is 4.39 Å². The molecule has 2 aromatic rings. The van der Waals surface area contributed by atoms with Crippen LogP contribution in [0.4, 0.5) is 4.39 Å². The predicted octanol–water partition coefficient (Wildman–Crippen LogP) is 4.10. The summed E-state index contributed by atoms with van der Waals surface area (Å²) in [5, 5.41) is 0.456. The number of halogens is 2. The molecule has 0 amide bonds. The van der Waals surface area contributed by atoms with E-state index in [-0.39, 0.29) is 10.7 Å². The number of hydrogen-bond acceptors (Lipinski definition) is 2. The maximum absolute atomic E-state index is 13.2. The van der Waals surface area contributed by atoms with Crippen LogP contribution in [0.25, 0.3) is 0 Å². The van der Waals surface area contributed by atoms with Crippen molar-refractivity contribution in [2.45, 2.75) is 24.2 Å². The van der Waals surface area contributed by atoms with Crippen LogP contribution >= 0.6 is 11.6 Å². The number of rotatable bonds is 3. The fourth-order valence-corrected chi connectivity index (χ4v) is 3.93. The summed E-state index contributed by atoms with van der Waals surface area (Å²) < 4.78 is 42.7. The van der Waals surface area contributed by atoms with Crippen LogP contribution in [0.2, 0.25) is 5.02 Å². The monoisotopic (exact) mass is 380 g/mol. The molecule has 1 aliphatic heterocycles. The molecule has 1 saturated heterocycles. The molecule has 4 nitrogen and oxygen atoms in total. The maximum atomic E-state index is 13.2. The Morgan fingerprint density at radius 3 is 2.16 bits per heavy atom. The van der Waals surface area contributed by atoms with Gasteiger partial charge >= 0.3 is 0 Å². The van der Waals surface area contributed by atoms with Crippen molar-refractivity contribution in [3.8, 4) is 0 Å². The molecule has 0 radical (unpaired) electrons. The minimum absolute atomic E-state index is 0.0773. The molecule has 0 atom stereocenters. The van der Waals surface area contributed by atoms with Crippen LogP contribution in [-0.2, 0) is 10.0 Å². The van der Waals surface area contributed by atoms with Gasteiger partial charge in [-0.2, -0.15) is 8.42 Å².